The van der Waals surface area contributed by atoms with E-state index < -0.39 is 48.5 Å². The van der Waals surface area contributed by atoms with Gasteiger partial charge in [-0.05, 0) is 70.6 Å². The van der Waals surface area contributed by atoms with Gasteiger partial charge in [0.05, 0.1) is 18.5 Å². The molecule has 3 atom stereocenters. The van der Waals surface area contributed by atoms with Crippen LogP contribution in [0.25, 0.3) is 10.9 Å². The topological polar surface area (TPSA) is 188 Å². The molecule has 1 aliphatic carbocycles. The average Bonchev–Trinajstić information content (AvgIpc) is 3.55. The molecule has 15 nitrogen and oxygen atoms in total. The van der Waals surface area contributed by atoms with Crippen LogP contribution in [0.5, 0.6) is 5.75 Å². The number of fused-ring (bicyclic) bond motifs is 1. The smallest absolute Gasteiger partial charge is 0.409 e. The molecular weight excluding hydrogens is 636 g/mol. The summed E-state index contributed by atoms with van der Waals surface area (Å²) in [7, 11) is 0. The van der Waals surface area contributed by atoms with Crippen LogP contribution in [0.15, 0.2) is 24.3 Å². The highest BCUT2D eigenvalue weighted by atomic mass is 16.6. The molecule has 0 unspecified atom stereocenters. The molecule has 49 heavy (non-hydrogen) atoms. The molecular formula is C34H44N6O9. The molecule has 3 fully saturated rings. The molecule has 3 heterocycles. The Labute approximate surface area is 284 Å². The number of piperazine rings is 1. The predicted molar refractivity (Wildman–Crippen MR) is 176 cm³/mol. The molecule has 1 saturated carbocycles. The van der Waals surface area contributed by atoms with Crippen molar-refractivity contribution in [2.75, 3.05) is 39.3 Å². The molecule has 2 saturated heterocycles. The highest BCUT2D eigenvalue weighted by Crippen LogP contribution is 2.29. The van der Waals surface area contributed by atoms with E-state index in [-0.39, 0.29) is 62.1 Å². The maximum absolute atomic E-state index is 13.6. The number of ether oxygens (including phenoxy) is 2. The van der Waals surface area contributed by atoms with Crippen LogP contribution in [-0.4, -0.2) is 124 Å². The summed E-state index contributed by atoms with van der Waals surface area (Å²) in [5.41, 5.74) is 1.12. The molecule has 0 spiro atoms. The van der Waals surface area contributed by atoms with Gasteiger partial charge in [-0.3, -0.25) is 24.0 Å². The second-order valence-electron chi connectivity index (χ2n) is 12.7. The first-order chi connectivity index (χ1) is 23.4. The van der Waals surface area contributed by atoms with Gasteiger partial charge in [-0.1, -0.05) is 6.07 Å². The Morgan fingerprint density at radius 1 is 0.959 bits per heavy atom. The molecule has 5 amide bonds. The maximum Gasteiger partial charge on any atom is 0.409 e. The van der Waals surface area contributed by atoms with E-state index in [1.165, 1.54) is 15.9 Å². The van der Waals surface area contributed by atoms with Gasteiger partial charge in [0.2, 0.25) is 11.8 Å². The van der Waals surface area contributed by atoms with Crippen LogP contribution in [0.4, 0.5) is 4.79 Å². The van der Waals surface area contributed by atoms with Crippen molar-refractivity contribution in [3.63, 3.8) is 0 Å². The maximum atomic E-state index is 13.6. The molecule has 3 aliphatic rings. The first-order valence-corrected chi connectivity index (χ1v) is 16.9. The molecule has 2 aromatic rings. The van der Waals surface area contributed by atoms with Gasteiger partial charge in [-0.2, -0.15) is 0 Å². The van der Waals surface area contributed by atoms with Crippen molar-refractivity contribution < 1.29 is 43.3 Å². The van der Waals surface area contributed by atoms with Crippen LogP contribution in [0.1, 0.15) is 68.4 Å². The highest BCUT2D eigenvalue weighted by Gasteiger charge is 2.38. The number of pyridine rings is 1. The van der Waals surface area contributed by atoms with Crippen LogP contribution in [0.2, 0.25) is 0 Å². The number of carbonyl (C=O) groups is 6. The van der Waals surface area contributed by atoms with Gasteiger partial charge >= 0.3 is 12.1 Å². The number of hydrogen-bond acceptors (Lipinski definition) is 9. The lowest BCUT2D eigenvalue weighted by atomic mass is 9.93. The van der Waals surface area contributed by atoms with Crippen molar-refractivity contribution in [1.82, 2.24) is 30.3 Å². The van der Waals surface area contributed by atoms with Crippen LogP contribution < -0.4 is 15.4 Å². The van der Waals surface area contributed by atoms with Gasteiger partial charge in [-0.15, -0.1) is 0 Å². The summed E-state index contributed by atoms with van der Waals surface area (Å²) in [5.74, 6) is -3.01. The number of benzene rings is 1. The monoisotopic (exact) mass is 680 g/mol. The van der Waals surface area contributed by atoms with Gasteiger partial charge in [0.25, 0.3) is 11.8 Å². The number of rotatable bonds is 11. The number of hydrogen-bond donors (Lipinski definition) is 3. The zero-order valence-electron chi connectivity index (χ0n) is 28.1. The van der Waals surface area contributed by atoms with Gasteiger partial charge in [0.15, 0.2) is 6.10 Å². The van der Waals surface area contributed by atoms with Gasteiger partial charge in [-0.25, -0.2) is 9.78 Å². The fourth-order valence-corrected chi connectivity index (χ4v) is 6.30. The summed E-state index contributed by atoms with van der Waals surface area (Å²) >= 11 is 0. The normalized spacial score (nSPS) is 19.1. The van der Waals surface area contributed by atoms with Crippen molar-refractivity contribution in [3.05, 3.63) is 35.5 Å². The number of aliphatic carboxylic acids is 1. The molecule has 1 aromatic heterocycles. The number of aromatic nitrogens is 1. The zero-order valence-corrected chi connectivity index (χ0v) is 28.1. The number of aryl methyl sites for hydroxylation is 1. The van der Waals surface area contributed by atoms with E-state index in [0.29, 0.717) is 30.3 Å². The van der Waals surface area contributed by atoms with Crippen LogP contribution in [-0.2, 0) is 23.9 Å². The van der Waals surface area contributed by atoms with E-state index in [9.17, 15) is 33.9 Å². The van der Waals surface area contributed by atoms with Gasteiger partial charge < -0.3 is 39.9 Å². The Kier molecular flexibility index (Phi) is 11.2. The highest BCUT2D eigenvalue weighted by molar-refractivity contribution is 6.00. The van der Waals surface area contributed by atoms with E-state index in [2.05, 4.69) is 15.6 Å². The molecule has 5 rings (SSSR count). The number of amides is 5. The van der Waals surface area contributed by atoms with Crippen molar-refractivity contribution in [2.24, 2.45) is 0 Å². The third kappa shape index (κ3) is 8.38. The third-order valence-corrected chi connectivity index (χ3v) is 9.20. The van der Waals surface area contributed by atoms with E-state index in [4.69, 9.17) is 9.47 Å². The van der Waals surface area contributed by atoms with Crippen molar-refractivity contribution >= 4 is 46.6 Å². The minimum absolute atomic E-state index is 0.137. The summed E-state index contributed by atoms with van der Waals surface area (Å²) in [6, 6.07) is 4.89. The summed E-state index contributed by atoms with van der Waals surface area (Å²) in [6.07, 6.45) is 2.05. The Bertz CT molecular complexity index is 1600. The lowest BCUT2D eigenvalue weighted by Gasteiger charge is -2.35. The van der Waals surface area contributed by atoms with E-state index >= 15 is 0 Å². The summed E-state index contributed by atoms with van der Waals surface area (Å²) in [4.78, 5) is 86.3. The molecule has 1 aromatic carbocycles. The standard InChI is InChI=1S/C34H44N6O9/c1-4-48-34(47)39-15-13-38(14-16-39)33(46)26(19-29(41)42)37-30(43)25-18-28(23-11-10-20(2)17-24(23)36-25)49-21(3)32(45)40-12-6-9-27(40)31(44)35-22-7-5-8-22/h10-11,17-18,21-22,26-27H,4-9,12-16,19H2,1-3H3,(H,35,44)(H,37,43)(H,41,42)/t21-,26+,27+/m1/s1. The Hall–Kier alpha value is -4.95. The van der Waals surface area contributed by atoms with Crippen molar-refractivity contribution in [2.45, 2.75) is 83.5 Å². The number of carboxylic acids is 1. The van der Waals surface area contributed by atoms with Crippen LogP contribution in [0, 0.1) is 6.92 Å². The average molecular weight is 681 g/mol. The van der Waals surface area contributed by atoms with Gasteiger partial charge in [0, 0.05) is 50.2 Å². The number of carboxylic acid groups (broad SMARTS) is 1. The minimum atomic E-state index is -1.41. The molecule has 0 bridgehead atoms. The Balaban J connectivity index is 1.32. The van der Waals surface area contributed by atoms with Gasteiger partial charge in [0.1, 0.15) is 23.5 Å². The Morgan fingerprint density at radius 3 is 2.33 bits per heavy atom. The lowest BCUT2D eigenvalue weighted by molar-refractivity contribution is -0.143. The SMILES string of the molecule is CCOC(=O)N1CCN(C(=O)[C@H](CC(=O)O)NC(=O)c2cc(O[C@H](C)C(=O)N3CCC[C@H]3C(=O)NC3CCC3)c3ccc(C)cc3n2)CC1. The fourth-order valence-electron chi connectivity index (χ4n) is 6.30. The summed E-state index contributed by atoms with van der Waals surface area (Å²) < 4.78 is 11.2. The summed E-state index contributed by atoms with van der Waals surface area (Å²) in [5, 5.41) is 15.7. The van der Waals surface area contributed by atoms with E-state index in [1.807, 2.05) is 13.0 Å². The second kappa shape index (κ2) is 15.5. The van der Waals surface area contributed by atoms with E-state index in [1.54, 1.807) is 30.9 Å². The quantitative estimate of drug-likeness (QED) is 0.316. The molecule has 264 valence electrons. The number of nitrogens with zero attached hydrogens (tertiary/aromatic N) is 4. The molecule has 3 N–H and O–H groups in total. The summed E-state index contributed by atoms with van der Waals surface area (Å²) in [6.45, 7) is 6.46. The molecule has 0 radical (unpaired) electrons. The molecule has 15 heteroatoms. The zero-order chi connectivity index (χ0) is 35.2. The largest absolute Gasteiger partial charge is 0.481 e. The molecule has 2 aliphatic heterocycles. The van der Waals surface area contributed by atoms with Crippen LogP contribution in [0.3, 0.4) is 0 Å². The fraction of sp³-hybridized carbons (Fsp3) is 0.559. The number of nitrogens with one attached hydrogen (secondary N) is 2. The second-order valence-corrected chi connectivity index (χ2v) is 12.7. The van der Waals surface area contributed by atoms with E-state index in [0.717, 1.165) is 24.8 Å². The Morgan fingerprint density at radius 2 is 1.67 bits per heavy atom. The van der Waals surface area contributed by atoms with Crippen LogP contribution >= 0.6 is 0 Å². The van der Waals surface area contributed by atoms with Crippen molar-refractivity contribution in [3.8, 4) is 5.75 Å². The first kappa shape index (κ1) is 35.4. The number of carbonyl (C=O) groups excluding carboxylic acids is 5. The minimum Gasteiger partial charge on any atom is -0.481 e. The van der Waals surface area contributed by atoms with Crippen molar-refractivity contribution in [1.29, 1.82) is 0 Å². The lowest BCUT2D eigenvalue weighted by Crippen LogP contribution is -2.56. The number of likely N-dealkylation sites (tertiary alicyclic amines) is 1. The predicted octanol–water partition coefficient (Wildman–Crippen LogP) is 1.84. The first-order valence-electron chi connectivity index (χ1n) is 16.9. The third-order valence-electron chi connectivity index (χ3n) is 9.20.